The first-order chi connectivity index (χ1) is 16.2. The van der Waals surface area contributed by atoms with Gasteiger partial charge in [0.1, 0.15) is 23.2 Å². The summed E-state index contributed by atoms with van der Waals surface area (Å²) in [6, 6.07) is 29.7. The van der Waals surface area contributed by atoms with Crippen LogP contribution in [-0.4, -0.2) is 12.1 Å². The minimum atomic E-state index is -2.03. The number of carbonyl (C=O) groups excluding carboxylic acids is 1. The molecule has 0 aliphatic carbocycles. The topological polar surface area (TPSA) is 26.3 Å². The summed E-state index contributed by atoms with van der Waals surface area (Å²) in [5.41, 5.74) is 0. The van der Waals surface area contributed by atoms with Crippen LogP contribution in [0.1, 0.15) is 51.9 Å². The van der Waals surface area contributed by atoms with Crippen molar-refractivity contribution in [2.75, 3.05) is 6.16 Å². The summed E-state index contributed by atoms with van der Waals surface area (Å²) in [5.74, 6) is 0.226. The van der Waals surface area contributed by atoms with E-state index in [-0.39, 0.29) is 17.0 Å². The number of rotatable bonds is 13. The Morgan fingerprint density at radius 3 is 1.82 bits per heavy atom. The normalized spacial score (nSPS) is 10.9. The van der Waals surface area contributed by atoms with Crippen LogP contribution in [0.3, 0.4) is 0 Å². The van der Waals surface area contributed by atoms with Crippen LogP contribution < -0.4 is 37.6 Å². The standard InChI is InChI=1S/C30H36O2P.BrH/c1-3-5-6-7-8-9-18-25-33(26-19-12-10-13-20-26,27-21-14-11-15-22-27)29-24-17-16-23-28(29)32-30(31)4-2;/h4,10-17,19-24H,2-3,5-9,18,25H2,1H3;1H/q+1;/p-1. The zero-order valence-corrected chi connectivity index (χ0v) is 22.6. The molecule has 0 atom stereocenters. The van der Waals surface area contributed by atoms with Crippen LogP contribution in [0.15, 0.2) is 97.6 Å². The molecule has 3 aromatic rings. The number of hydrogen-bond donors (Lipinski definition) is 0. The Morgan fingerprint density at radius 2 is 1.26 bits per heavy atom. The summed E-state index contributed by atoms with van der Waals surface area (Å²) in [6.07, 6.45) is 11.2. The number of carbonyl (C=O) groups is 1. The molecule has 0 unspecified atom stereocenters. The lowest BCUT2D eigenvalue weighted by Gasteiger charge is -2.28. The van der Waals surface area contributed by atoms with E-state index in [1.165, 1.54) is 55.2 Å². The van der Waals surface area contributed by atoms with Gasteiger partial charge in [-0.3, -0.25) is 0 Å². The Labute approximate surface area is 216 Å². The van der Waals surface area contributed by atoms with Crippen LogP contribution in [-0.2, 0) is 4.79 Å². The van der Waals surface area contributed by atoms with Crippen LogP contribution in [0, 0.1) is 0 Å². The second kappa shape index (κ2) is 14.9. The monoisotopic (exact) mass is 538 g/mol. The number of unbranched alkanes of at least 4 members (excludes halogenated alkanes) is 6. The highest BCUT2D eigenvalue weighted by atomic mass is 79.9. The summed E-state index contributed by atoms with van der Waals surface area (Å²) in [6.45, 7) is 5.85. The fourth-order valence-electron chi connectivity index (χ4n) is 4.49. The van der Waals surface area contributed by atoms with Crippen molar-refractivity contribution in [3.8, 4) is 5.75 Å². The maximum absolute atomic E-state index is 12.2. The lowest BCUT2D eigenvalue weighted by Crippen LogP contribution is -3.00. The maximum atomic E-state index is 12.2. The molecule has 3 aromatic carbocycles. The maximum Gasteiger partial charge on any atom is 0.335 e. The predicted octanol–water partition coefficient (Wildman–Crippen LogP) is 3.83. The van der Waals surface area contributed by atoms with E-state index in [9.17, 15) is 4.79 Å². The van der Waals surface area contributed by atoms with E-state index < -0.39 is 13.2 Å². The molecule has 0 fully saturated rings. The Hall–Kier alpha value is -2.22. The molecular weight excluding hydrogens is 503 g/mol. The molecule has 0 amide bonds. The van der Waals surface area contributed by atoms with Crippen molar-refractivity contribution in [2.24, 2.45) is 0 Å². The molecule has 2 nitrogen and oxygen atoms in total. The number of halogens is 1. The molecule has 0 aromatic heterocycles. The van der Waals surface area contributed by atoms with E-state index in [4.69, 9.17) is 4.74 Å². The summed E-state index contributed by atoms with van der Waals surface area (Å²) in [5, 5.41) is 3.78. The number of hydrogen-bond acceptors (Lipinski definition) is 2. The first kappa shape index (κ1) is 28.0. The summed E-state index contributed by atoms with van der Waals surface area (Å²) >= 11 is 0. The number of benzene rings is 3. The zero-order chi connectivity index (χ0) is 23.4. The van der Waals surface area contributed by atoms with Gasteiger partial charge in [-0.05, 0) is 49.2 Å². The molecule has 3 rings (SSSR count). The van der Waals surface area contributed by atoms with Gasteiger partial charge >= 0.3 is 5.97 Å². The largest absolute Gasteiger partial charge is 1.00 e. The third-order valence-corrected chi connectivity index (χ3v) is 10.7. The minimum absolute atomic E-state index is 0. The van der Waals surface area contributed by atoms with Crippen molar-refractivity contribution in [1.29, 1.82) is 0 Å². The molecule has 0 saturated heterocycles. The summed E-state index contributed by atoms with van der Waals surface area (Å²) < 4.78 is 5.79. The molecule has 0 bridgehead atoms. The molecule has 0 aliphatic heterocycles. The van der Waals surface area contributed by atoms with E-state index in [1.807, 2.05) is 12.1 Å². The van der Waals surface area contributed by atoms with Gasteiger partial charge in [0.2, 0.25) is 0 Å². The average molecular weight is 539 g/mol. The van der Waals surface area contributed by atoms with Crippen molar-refractivity contribution in [2.45, 2.75) is 51.9 Å². The summed E-state index contributed by atoms with van der Waals surface area (Å²) in [4.78, 5) is 12.2. The van der Waals surface area contributed by atoms with Gasteiger partial charge in [-0.1, -0.05) is 94.1 Å². The number of ether oxygens (including phenoxy) is 1. The Balaban J connectivity index is 0.00000408. The molecule has 0 radical (unpaired) electrons. The van der Waals surface area contributed by atoms with E-state index in [1.54, 1.807) is 0 Å². The van der Waals surface area contributed by atoms with Gasteiger partial charge in [0.25, 0.3) is 0 Å². The average Bonchev–Trinajstić information content (AvgIpc) is 2.87. The molecule has 0 N–H and O–H groups in total. The summed E-state index contributed by atoms with van der Waals surface area (Å²) in [7, 11) is -2.03. The highest BCUT2D eigenvalue weighted by Crippen LogP contribution is 2.57. The second-order valence-electron chi connectivity index (χ2n) is 8.42. The van der Waals surface area contributed by atoms with Crippen molar-refractivity contribution in [3.63, 3.8) is 0 Å². The number of para-hydroxylation sites is 1. The highest BCUT2D eigenvalue weighted by Gasteiger charge is 2.47. The molecular formula is C30H36BrO2P. The van der Waals surface area contributed by atoms with E-state index >= 15 is 0 Å². The molecule has 34 heavy (non-hydrogen) atoms. The van der Waals surface area contributed by atoms with Gasteiger partial charge in [-0.2, -0.15) is 0 Å². The van der Waals surface area contributed by atoms with Crippen molar-refractivity contribution < 1.29 is 26.5 Å². The molecule has 0 aliphatic rings. The lowest BCUT2D eigenvalue weighted by atomic mass is 10.1. The minimum Gasteiger partial charge on any atom is -1.00 e. The van der Waals surface area contributed by atoms with Crippen molar-refractivity contribution >= 4 is 29.1 Å². The third-order valence-electron chi connectivity index (χ3n) is 6.14. The van der Waals surface area contributed by atoms with Gasteiger partial charge in [-0.25, -0.2) is 4.79 Å². The van der Waals surface area contributed by atoms with Crippen molar-refractivity contribution in [1.82, 2.24) is 0 Å². The van der Waals surface area contributed by atoms with Crippen molar-refractivity contribution in [3.05, 3.63) is 97.6 Å². The smallest absolute Gasteiger partial charge is 0.335 e. The first-order valence-corrected chi connectivity index (χ1v) is 14.1. The van der Waals surface area contributed by atoms with Crippen LogP contribution in [0.4, 0.5) is 0 Å². The Morgan fingerprint density at radius 1 is 0.765 bits per heavy atom. The van der Waals surface area contributed by atoms with Gasteiger partial charge < -0.3 is 21.7 Å². The molecule has 0 heterocycles. The molecule has 0 saturated carbocycles. The molecule has 0 spiro atoms. The van der Waals surface area contributed by atoms with Gasteiger partial charge in [0.15, 0.2) is 5.75 Å². The molecule has 180 valence electrons. The van der Waals surface area contributed by atoms with Gasteiger partial charge in [0, 0.05) is 6.08 Å². The Bertz CT molecular complexity index is 965. The third kappa shape index (κ3) is 7.14. The molecule has 4 heteroatoms. The van der Waals surface area contributed by atoms with Crippen LogP contribution in [0.2, 0.25) is 0 Å². The quantitative estimate of drug-likeness (QED) is 0.109. The lowest BCUT2D eigenvalue weighted by molar-refractivity contribution is -0.128. The predicted molar refractivity (Wildman–Crippen MR) is 144 cm³/mol. The fraction of sp³-hybridized carbons (Fsp3) is 0.300. The highest BCUT2D eigenvalue weighted by molar-refractivity contribution is 7.95. The van der Waals surface area contributed by atoms with Crippen LogP contribution in [0.5, 0.6) is 5.75 Å². The fourth-order valence-corrected chi connectivity index (χ4v) is 8.99. The van der Waals surface area contributed by atoms with Crippen LogP contribution in [0.25, 0.3) is 0 Å². The Kier molecular flexibility index (Phi) is 12.3. The van der Waals surface area contributed by atoms with E-state index in [2.05, 4.69) is 86.3 Å². The van der Waals surface area contributed by atoms with E-state index in [0.29, 0.717) is 5.75 Å². The van der Waals surface area contributed by atoms with Crippen LogP contribution >= 0.6 is 7.26 Å². The first-order valence-electron chi connectivity index (χ1n) is 12.2. The zero-order valence-electron chi connectivity index (χ0n) is 20.2. The second-order valence-corrected chi connectivity index (χ2v) is 12.0. The van der Waals surface area contributed by atoms with Gasteiger partial charge in [0.05, 0.1) is 6.16 Å². The van der Waals surface area contributed by atoms with E-state index in [0.717, 1.165) is 17.9 Å². The number of esters is 1. The SMILES string of the molecule is C=CC(=O)Oc1ccccc1[P+](CCCCCCCCC)(c1ccccc1)c1ccccc1.[Br-]. The van der Waals surface area contributed by atoms with Gasteiger partial charge in [-0.15, -0.1) is 0 Å².